The molecule has 2 aromatic heterocycles. The van der Waals surface area contributed by atoms with Crippen molar-refractivity contribution >= 4 is 33.0 Å². The quantitative estimate of drug-likeness (QED) is 0.165. The van der Waals surface area contributed by atoms with Gasteiger partial charge in [-0.25, -0.2) is 4.98 Å². The van der Waals surface area contributed by atoms with Gasteiger partial charge in [-0.3, -0.25) is 4.79 Å². The lowest BCUT2D eigenvalue weighted by Gasteiger charge is -2.16. The van der Waals surface area contributed by atoms with E-state index >= 15 is 0 Å². The van der Waals surface area contributed by atoms with Gasteiger partial charge < -0.3 is 38.9 Å². The first-order valence-corrected chi connectivity index (χ1v) is 14.2. The minimum absolute atomic E-state index is 0.224. The number of hydrogen-bond acceptors (Lipinski definition) is 11. The molecular formula is C33H32N2O8S. The lowest BCUT2D eigenvalue weighted by molar-refractivity contribution is 0.104. The zero-order valence-corrected chi connectivity index (χ0v) is 26.2. The minimum atomic E-state index is -0.224. The standard InChI is InChI=1S/C33H32N2O8S/c1-37-20-10-8-17(9-11-20)29(36)32-28(34)27-21(18-12-23(38-2)30(42-6)24(13-18)39-3)16-22(35-33(27)44-32)19-14-25(40-4)31(43-7)26(15-19)41-5/h8-16H,34H2,1-7H3. The van der Waals surface area contributed by atoms with Crippen molar-refractivity contribution in [3.05, 3.63) is 65.0 Å². The number of pyridine rings is 1. The molecule has 228 valence electrons. The van der Waals surface area contributed by atoms with Crippen molar-refractivity contribution in [3.63, 3.8) is 0 Å². The summed E-state index contributed by atoms with van der Waals surface area (Å²) < 4.78 is 38.8. The smallest absolute Gasteiger partial charge is 0.205 e. The monoisotopic (exact) mass is 616 g/mol. The van der Waals surface area contributed by atoms with Crippen molar-refractivity contribution in [2.75, 3.05) is 55.5 Å². The van der Waals surface area contributed by atoms with Gasteiger partial charge in [0.25, 0.3) is 0 Å². The van der Waals surface area contributed by atoms with E-state index in [4.69, 9.17) is 43.9 Å². The Bertz CT molecular complexity index is 1800. The van der Waals surface area contributed by atoms with Crippen LogP contribution in [0.3, 0.4) is 0 Å². The highest BCUT2D eigenvalue weighted by Gasteiger charge is 2.25. The van der Waals surface area contributed by atoms with Crippen LogP contribution >= 0.6 is 11.3 Å². The van der Waals surface area contributed by atoms with E-state index in [1.165, 1.54) is 11.3 Å². The fourth-order valence-electron chi connectivity index (χ4n) is 5.00. The molecule has 5 aromatic rings. The first kappa shape index (κ1) is 30.3. The van der Waals surface area contributed by atoms with Crippen LogP contribution in [0.2, 0.25) is 0 Å². The van der Waals surface area contributed by atoms with Gasteiger partial charge in [0.1, 0.15) is 15.5 Å². The van der Waals surface area contributed by atoms with Gasteiger partial charge in [0.15, 0.2) is 23.0 Å². The fraction of sp³-hybridized carbons (Fsp3) is 0.212. The van der Waals surface area contributed by atoms with Gasteiger partial charge >= 0.3 is 0 Å². The Hall–Kier alpha value is -5.16. The Morgan fingerprint density at radius 2 is 1.16 bits per heavy atom. The number of benzene rings is 3. The third kappa shape index (κ3) is 5.26. The van der Waals surface area contributed by atoms with E-state index in [2.05, 4.69) is 0 Å². The van der Waals surface area contributed by atoms with Crippen molar-refractivity contribution < 1.29 is 38.0 Å². The molecule has 0 amide bonds. The lowest BCUT2D eigenvalue weighted by Crippen LogP contribution is -2.02. The largest absolute Gasteiger partial charge is 0.497 e. The Morgan fingerprint density at radius 3 is 1.61 bits per heavy atom. The molecule has 0 aliphatic heterocycles. The van der Waals surface area contributed by atoms with Crippen molar-refractivity contribution in [3.8, 4) is 62.6 Å². The summed E-state index contributed by atoms with van der Waals surface area (Å²) in [4.78, 5) is 19.6. The molecule has 0 fully saturated rings. The number of ether oxygens (including phenoxy) is 7. The van der Waals surface area contributed by atoms with Crippen LogP contribution in [0, 0.1) is 0 Å². The topological polar surface area (TPSA) is 121 Å². The Morgan fingerprint density at radius 1 is 0.659 bits per heavy atom. The van der Waals surface area contributed by atoms with Crippen LogP contribution in [0.1, 0.15) is 15.2 Å². The molecule has 0 saturated carbocycles. The minimum Gasteiger partial charge on any atom is -0.497 e. The van der Waals surface area contributed by atoms with Crippen LogP contribution in [0.25, 0.3) is 32.6 Å². The highest BCUT2D eigenvalue weighted by Crippen LogP contribution is 2.48. The molecule has 0 spiro atoms. The maximum atomic E-state index is 13.7. The Balaban J connectivity index is 1.81. The molecule has 11 heteroatoms. The van der Waals surface area contributed by atoms with E-state index in [1.54, 1.807) is 74.0 Å². The zero-order chi connectivity index (χ0) is 31.5. The normalized spacial score (nSPS) is 10.8. The molecule has 0 aliphatic carbocycles. The highest BCUT2D eigenvalue weighted by molar-refractivity contribution is 7.21. The molecule has 44 heavy (non-hydrogen) atoms. The van der Waals surface area contributed by atoms with Crippen molar-refractivity contribution in [2.24, 2.45) is 0 Å². The maximum absolute atomic E-state index is 13.7. The number of anilines is 1. The second-order valence-electron chi connectivity index (χ2n) is 9.47. The van der Waals surface area contributed by atoms with Crippen LogP contribution in [-0.2, 0) is 0 Å². The number of carbonyl (C=O) groups is 1. The Labute approximate surface area is 258 Å². The second kappa shape index (κ2) is 12.6. The maximum Gasteiger partial charge on any atom is 0.205 e. The fourth-order valence-corrected chi connectivity index (χ4v) is 6.09. The summed E-state index contributed by atoms with van der Waals surface area (Å²) >= 11 is 1.22. The summed E-state index contributed by atoms with van der Waals surface area (Å²) in [5.41, 5.74) is 10.3. The average Bonchev–Trinajstić information content (AvgIpc) is 3.41. The molecule has 2 heterocycles. The van der Waals surface area contributed by atoms with Crippen molar-refractivity contribution in [1.82, 2.24) is 4.98 Å². The van der Waals surface area contributed by atoms with E-state index in [1.807, 2.05) is 30.3 Å². The number of ketones is 1. The van der Waals surface area contributed by atoms with Gasteiger partial charge in [0.2, 0.25) is 17.3 Å². The van der Waals surface area contributed by atoms with E-state index in [9.17, 15) is 4.79 Å². The SMILES string of the molecule is COc1ccc(C(=O)c2sc3nc(-c4cc(OC)c(OC)c(OC)c4)cc(-c4cc(OC)c(OC)c(OC)c4)c3c2N)cc1. The van der Waals surface area contributed by atoms with E-state index < -0.39 is 0 Å². The molecule has 0 atom stereocenters. The predicted octanol–water partition coefficient (Wildman–Crippen LogP) is 6.50. The number of fused-ring (bicyclic) bond motifs is 1. The molecule has 0 unspecified atom stereocenters. The number of nitrogen functional groups attached to an aromatic ring is 1. The molecular weight excluding hydrogens is 584 g/mol. The third-order valence-corrected chi connectivity index (χ3v) is 8.29. The van der Waals surface area contributed by atoms with Crippen LogP contribution in [-0.4, -0.2) is 60.5 Å². The predicted molar refractivity (Wildman–Crippen MR) is 171 cm³/mol. The molecule has 0 bridgehead atoms. The average molecular weight is 617 g/mol. The van der Waals surface area contributed by atoms with Gasteiger partial charge in [-0.1, -0.05) is 0 Å². The number of thiophene rings is 1. The van der Waals surface area contributed by atoms with Crippen LogP contribution in [0.5, 0.6) is 40.2 Å². The molecule has 10 nitrogen and oxygen atoms in total. The third-order valence-electron chi connectivity index (χ3n) is 7.19. The number of carbonyl (C=O) groups excluding carboxylic acids is 1. The molecule has 0 saturated heterocycles. The molecule has 0 radical (unpaired) electrons. The Kier molecular flexibility index (Phi) is 8.68. The molecule has 2 N–H and O–H groups in total. The van der Waals surface area contributed by atoms with Crippen LogP contribution in [0.4, 0.5) is 5.69 Å². The van der Waals surface area contributed by atoms with E-state index in [0.29, 0.717) is 89.0 Å². The van der Waals surface area contributed by atoms with Crippen LogP contribution in [0.15, 0.2) is 54.6 Å². The summed E-state index contributed by atoms with van der Waals surface area (Å²) in [5.74, 6) is 3.19. The molecule has 3 aromatic carbocycles. The van der Waals surface area contributed by atoms with Gasteiger partial charge in [0, 0.05) is 16.5 Å². The summed E-state index contributed by atoms with van der Waals surface area (Å²) in [7, 11) is 10.9. The van der Waals surface area contributed by atoms with Crippen molar-refractivity contribution in [1.29, 1.82) is 0 Å². The van der Waals surface area contributed by atoms with Gasteiger partial charge in [0.05, 0.1) is 61.1 Å². The van der Waals surface area contributed by atoms with Gasteiger partial charge in [-0.15, -0.1) is 11.3 Å². The number of hydrogen-bond donors (Lipinski definition) is 1. The van der Waals surface area contributed by atoms with E-state index in [-0.39, 0.29) is 5.78 Å². The summed E-state index contributed by atoms with van der Waals surface area (Å²) in [5, 5.41) is 0.623. The first-order chi connectivity index (χ1) is 21.3. The summed E-state index contributed by atoms with van der Waals surface area (Å²) in [6, 6.07) is 16.1. The second-order valence-corrected chi connectivity index (χ2v) is 10.5. The number of nitrogens with zero attached hydrogens (tertiary/aromatic N) is 1. The number of nitrogens with two attached hydrogens (primary N) is 1. The van der Waals surface area contributed by atoms with Gasteiger partial charge in [-0.2, -0.15) is 0 Å². The molecule has 5 rings (SSSR count). The van der Waals surface area contributed by atoms with Crippen LogP contribution < -0.4 is 38.9 Å². The highest BCUT2D eigenvalue weighted by atomic mass is 32.1. The first-order valence-electron chi connectivity index (χ1n) is 13.3. The molecule has 0 aliphatic rings. The zero-order valence-electron chi connectivity index (χ0n) is 25.4. The van der Waals surface area contributed by atoms with Crippen molar-refractivity contribution in [2.45, 2.75) is 0 Å². The lowest BCUT2D eigenvalue weighted by atomic mass is 9.97. The van der Waals surface area contributed by atoms with E-state index in [0.717, 1.165) is 0 Å². The summed E-state index contributed by atoms with van der Waals surface area (Å²) in [6.45, 7) is 0. The summed E-state index contributed by atoms with van der Waals surface area (Å²) in [6.07, 6.45) is 0. The van der Waals surface area contributed by atoms with Gasteiger partial charge in [-0.05, 0) is 65.7 Å². The number of rotatable bonds is 11. The number of methoxy groups -OCH3 is 7. The number of aromatic nitrogens is 1.